The highest BCUT2D eigenvalue weighted by molar-refractivity contribution is 7.18. The van der Waals surface area contributed by atoms with Crippen LogP contribution in [0, 0.1) is 6.92 Å². The van der Waals surface area contributed by atoms with Crippen LogP contribution < -0.4 is 10.6 Å². The molecule has 0 aliphatic rings. The van der Waals surface area contributed by atoms with E-state index in [1.54, 1.807) is 48.5 Å². The molecule has 0 unspecified atom stereocenters. The van der Waals surface area contributed by atoms with E-state index in [1.165, 1.54) is 11.3 Å². The van der Waals surface area contributed by atoms with Crippen LogP contribution in [0.15, 0.2) is 52.9 Å². The van der Waals surface area contributed by atoms with Crippen LogP contribution in [0.3, 0.4) is 0 Å². The molecule has 4 aromatic rings. The van der Waals surface area contributed by atoms with Crippen LogP contribution in [0.5, 0.6) is 0 Å². The summed E-state index contributed by atoms with van der Waals surface area (Å²) in [6.45, 7) is 5.84. The molecule has 0 atom stereocenters. The molecule has 2 aromatic heterocycles. The zero-order chi connectivity index (χ0) is 22.1. The van der Waals surface area contributed by atoms with Crippen molar-refractivity contribution in [2.24, 2.45) is 0 Å². The van der Waals surface area contributed by atoms with E-state index in [-0.39, 0.29) is 17.7 Å². The number of nitrogens with zero attached hydrogens (tertiary/aromatic N) is 1. The fraction of sp³-hybridized carbons (Fsp3) is 0.174. The van der Waals surface area contributed by atoms with Crippen molar-refractivity contribution in [2.45, 2.75) is 26.7 Å². The fourth-order valence-electron chi connectivity index (χ4n) is 3.05. The zero-order valence-corrected chi connectivity index (χ0v) is 18.7. The Morgan fingerprint density at radius 1 is 1.06 bits per heavy atom. The maximum atomic E-state index is 12.8. The highest BCUT2D eigenvalue weighted by Crippen LogP contribution is 2.29. The molecule has 2 heterocycles. The van der Waals surface area contributed by atoms with Crippen LogP contribution in [0.1, 0.15) is 51.2 Å². The molecule has 0 saturated heterocycles. The molecule has 2 N–H and O–H groups in total. The number of hydrogen-bond acceptors (Lipinski definition) is 5. The number of aryl methyl sites for hydroxylation is 1. The molecular formula is C23H20ClN3O3S. The number of amides is 2. The number of oxazole rings is 1. The topological polar surface area (TPSA) is 84.2 Å². The molecule has 0 aliphatic heterocycles. The van der Waals surface area contributed by atoms with E-state index in [0.717, 1.165) is 5.56 Å². The molecule has 0 fully saturated rings. The van der Waals surface area contributed by atoms with Crippen LogP contribution in [0.4, 0.5) is 10.7 Å². The van der Waals surface area contributed by atoms with Crippen molar-refractivity contribution in [1.29, 1.82) is 0 Å². The molecule has 0 spiro atoms. The Labute approximate surface area is 188 Å². The Balaban J connectivity index is 1.50. The number of aromatic nitrogens is 1. The summed E-state index contributed by atoms with van der Waals surface area (Å²) in [5.41, 5.74) is 3.13. The van der Waals surface area contributed by atoms with Gasteiger partial charge in [0.2, 0.25) is 0 Å². The molecule has 8 heteroatoms. The second kappa shape index (κ2) is 8.53. The summed E-state index contributed by atoms with van der Waals surface area (Å²) in [5, 5.41) is 6.64. The standard InChI is InChI=1S/C23H20ClN3O3S/c1-12(2)23-26-17-11-14(8-9-18(17)30-23)25-22(29)20-13(3)10-19(31-20)27-21(28)15-6-4-5-7-16(15)24/h4-12H,1-3H3,(H,25,29)(H,27,28). The molecular weight excluding hydrogens is 434 g/mol. The Bertz CT molecular complexity index is 1290. The lowest BCUT2D eigenvalue weighted by atomic mass is 10.2. The number of anilines is 2. The van der Waals surface area contributed by atoms with Gasteiger partial charge in [0.15, 0.2) is 11.5 Å². The van der Waals surface area contributed by atoms with Crippen LogP contribution in [0.2, 0.25) is 5.02 Å². The number of hydrogen-bond donors (Lipinski definition) is 2. The quantitative estimate of drug-likeness (QED) is 0.362. The van der Waals surface area contributed by atoms with Crippen molar-refractivity contribution in [2.75, 3.05) is 10.6 Å². The monoisotopic (exact) mass is 453 g/mol. The summed E-state index contributed by atoms with van der Waals surface area (Å²) in [7, 11) is 0. The Morgan fingerprint density at radius 3 is 2.58 bits per heavy atom. The minimum absolute atomic E-state index is 0.179. The van der Waals surface area contributed by atoms with E-state index in [2.05, 4.69) is 15.6 Å². The van der Waals surface area contributed by atoms with Crippen LogP contribution in [-0.2, 0) is 0 Å². The van der Waals surface area contributed by atoms with Crippen molar-refractivity contribution >= 4 is 56.5 Å². The van der Waals surface area contributed by atoms with E-state index in [4.69, 9.17) is 16.0 Å². The van der Waals surface area contributed by atoms with Crippen molar-refractivity contribution in [3.8, 4) is 0 Å². The number of carbonyl (C=O) groups is 2. The summed E-state index contributed by atoms with van der Waals surface area (Å²) in [6.07, 6.45) is 0. The van der Waals surface area contributed by atoms with Crippen molar-refractivity contribution in [1.82, 2.24) is 4.98 Å². The van der Waals surface area contributed by atoms with Crippen LogP contribution in [0.25, 0.3) is 11.1 Å². The number of carbonyl (C=O) groups excluding carboxylic acids is 2. The summed E-state index contributed by atoms with van der Waals surface area (Å²) < 4.78 is 5.71. The normalized spacial score (nSPS) is 11.1. The molecule has 0 bridgehead atoms. The third-order valence-corrected chi connectivity index (χ3v) is 6.12. The average molecular weight is 454 g/mol. The summed E-state index contributed by atoms with van der Waals surface area (Å²) in [6, 6.07) is 13.9. The summed E-state index contributed by atoms with van der Waals surface area (Å²) in [4.78, 5) is 30.3. The van der Waals surface area contributed by atoms with Gasteiger partial charge in [-0.05, 0) is 48.9 Å². The highest BCUT2D eigenvalue weighted by atomic mass is 35.5. The largest absolute Gasteiger partial charge is 0.440 e. The maximum absolute atomic E-state index is 12.8. The third-order valence-electron chi connectivity index (χ3n) is 4.64. The molecule has 2 aromatic carbocycles. The van der Waals surface area contributed by atoms with E-state index >= 15 is 0 Å². The minimum atomic E-state index is -0.323. The van der Waals surface area contributed by atoms with Gasteiger partial charge in [0.05, 0.1) is 20.5 Å². The molecule has 6 nitrogen and oxygen atoms in total. The summed E-state index contributed by atoms with van der Waals surface area (Å²) in [5.74, 6) is 0.258. The summed E-state index contributed by atoms with van der Waals surface area (Å²) >= 11 is 7.30. The van der Waals surface area contributed by atoms with Gasteiger partial charge >= 0.3 is 0 Å². The number of thiophene rings is 1. The number of halogens is 1. The first kappa shape index (κ1) is 21.1. The van der Waals surface area contributed by atoms with Gasteiger partial charge in [-0.2, -0.15) is 0 Å². The van der Waals surface area contributed by atoms with Crippen LogP contribution >= 0.6 is 22.9 Å². The number of rotatable bonds is 5. The van der Waals surface area contributed by atoms with Gasteiger partial charge in [0.1, 0.15) is 5.52 Å². The van der Waals surface area contributed by atoms with Gasteiger partial charge in [0, 0.05) is 11.6 Å². The molecule has 0 saturated carbocycles. The molecule has 0 radical (unpaired) electrons. The van der Waals surface area contributed by atoms with E-state index in [1.807, 2.05) is 20.8 Å². The first-order chi connectivity index (χ1) is 14.8. The van der Waals surface area contributed by atoms with Crippen molar-refractivity contribution in [3.05, 3.63) is 75.4 Å². The first-order valence-corrected chi connectivity index (χ1v) is 10.9. The van der Waals surface area contributed by atoms with Crippen molar-refractivity contribution in [3.63, 3.8) is 0 Å². The Hall–Kier alpha value is -3.16. The SMILES string of the molecule is Cc1cc(NC(=O)c2ccccc2Cl)sc1C(=O)Nc1ccc2oc(C(C)C)nc2c1. The lowest BCUT2D eigenvalue weighted by molar-refractivity contribution is 0.102. The lowest BCUT2D eigenvalue weighted by Crippen LogP contribution is -2.11. The zero-order valence-electron chi connectivity index (χ0n) is 17.2. The maximum Gasteiger partial charge on any atom is 0.266 e. The Morgan fingerprint density at radius 2 is 1.84 bits per heavy atom. The lowest BCUT2D eigenvalue weighted by Gasteiger charge is -2.05. The van der Waals surface area contributed by atoms with E-state index < -0.39 is 0 Å². The molecule has 31 heavy (non-hydrogen) atoms. The Kier molecular flexibility index (Phi) is 5.80. The van der Waals surface area contributed by atoms with Gasteiger partial charge in [-0.25, -0.2) is 4.98 Å². The smallest absolute Gasteiger partial charge is 0.266 e. The third kappa shape index (κ3) is 4.47. The second-order valence-electron chi connectivity index (χ2n) is 7.40. The van der Waals surface area contributed by atoms with Gasteiger partial charge in [-0.15, -0.1) is 11.3 Å². The predicted octanol–water partition coefficient (Wildman–Crippen LogP) is 6.48. The number of fused-ring (bicyclic) bond motifs is 1. The van der Waals surface area contributed by atoms with Gasteiger partial charge in [-0.3, -0.25) is 9.59 Å². The molecule has 158 valence electrons. The van der Waals surface area contributed by atoms with Gasteiger partial charge in [-0.1, -0.05) is 37.6 Å². The molecule has 2 amide bonds. The predicted molar refractivity (Wildman–Crippen MR) is 125 cm³/mol. The van der Waals surface area contributed by atoms with Gasteiger partial charge in [0.25, 0.3) is 11.8 Å². The van der Waals surface area contributed by atoms with E-state index in [0.29, 0.717) is 43.1 Å². The first-order valence-electron chi connectivity index (χ1n) is 9.70. The average Bonchev–Trinajstić information content (AvgIpc) is 3.31. The highest BCUT2D eigenvalue weighted by Gasteiger charge is 2.17. The fourth-order valence-corrected chi connectivity index (χ4v) is 4.24. The van der Waals surface area contributed by atoms with Crippen LogP contribution in [-0.4, -0.2) is 16.8 Å². The molecule has 4 rings (SSSR count). The molecule has 0 aliphatic carbocycles. The minimum Gasteiger partial charge on any atom is -0.440 e. The number of nitrogens with one attached hydrogen (secondary N) is 2. The second-order valence-corrected chi connectivity index (χ2v) is 8.86. The van der Waals surface area contributed by atoms with Gasteiger partial charge < -0.3 is 15.1 Å². The number of benzene rings is 2. The van der Waals surface area contributed by atoms with E-state index in [9.17, 15) is 9.59 Å². The van der Waals surface area contributed by atoms with Crippen molar-refractivity contribution < 1.29 is 14.0 Å².